The zero-order chi connectivity index (χ0) is 17.6. The zero-order valence-electron chi connectivity index (χ0n) is 15.6. The Labute approximate surface area is 140 Å². The molecule has 0 fully saturated rings. The summed E-state index contributed by atoms with van der Waals surface area (Å²) < 4.78 is 10.9. The van der Waals surface area contributed by atoms with Crippen LogP contribution in [0.25, 0.3) is 0 Å². The highest BCUT2D eigenvalue weighted by molar-refractivity contribution is 5.67. The average molecular weight is 324 g/mol. The van der Waals surface area contributed by atoms with E-state index in [0.717, 1.165) is 24.4 Å². The third kappa shape index (κ3) is 7.08. The molecular formula is C18H32N2O3. The summed E-state index contributed by atoms with van der Waals surface area (Å²) in [5.41, 5.74) is 0.692. The van der Waals surface area contributed by atoms with Gasteiger partial charge in [0.25, 0.3) is 0 Å². The van der Waals surface area contributed by atoms with Crippen molar-refractivity contribution < 1.29 is 13.9 Å². The second-order valence-corrected chi connectivity index (χ2v) is 7.13. The number of carbonyl (C=O) groups excluding carboxylic acids is 1. The number of ether oxygens (including phenoxy) is 1. The lowest BCUT2D eigenvalue weighted by atomic mass is 10.1. The van der Waals surface area contributed by atoms with Crippen LogP contribution in [-0.4, -0.2) is 24.3 Å². The number of amides is 1. The molecule has 1 rings (SSSR count). The molecule has 5 heteroatoms. The van der Waals surface area contributed by atoms with Gasteiger partial charge in [-0.15, -0.1) is 0 Å². The van der Waals surface area contributed by atoms with Crippen LogP contribution < -0.4 is 10.6 Å². The summed E-state index contributed by atoms with van der Waals surface area (Å²) in [5.74, 6) is 1.86. The molecule has 0 saturated carbocycles. The maximum Gasteiger partial charge on any atom is 0.407 e. The number of hydrogen-bond acceptors (Lipinski definition) is 4. The molecule has 5 nitrogen and oxygen atoms in total. The fraction of sp³-hybridized carbons (Fsp3) is 0.722. The predicted molar refractivity (Wildman–Crippen MR) is 92.7 cm³/mol. The molecule has 0 saturated heterocycles. The quantitative estimate of drug-likeness (QED) is 0.787. The summed E-state index contributed by atoms with van der Waals surface area (Å²) in [6.45, 7) is 14.3. The Hall–Kier alpha value is -1.49. The van der Waals surface area contributed by atoms with E-state index >= 15 is 0 Å². The molecule has 0 aliphatic carbocycles. The van der Waals surface area contributed by atoms with Crippen molar-refractivity contribution >= 4 is 6.09 Å². The maximum atomic E-state index is 11.8. The molecule has 132 valence electrons. The molecule has 23 heavy (non-hydrogen) atoms. The van der Waals surface area contributed by atoms with Crippen LogP contribution in [-0.2, 0) is 4.74 Å². The second-order valence-electron chi connectivity index (χ2n) is 7.13. The molecule has 1 aromatic rings. The number of hydrogen-bond donors (Lipinski definition) is 2. The first-order chi connectivity index (χ1) is 10.6. The Kier molecular flexibility index (Phi) is 7.13. The number of rotatable bonds is 7. The molecule has 2 unspecified atom stereocenters. The standard InChI is InChI=1S/C18H32N2O3/c1-8-9-15(11-19-17(21)23-18(5,6)7)20-13(3)16-10-12(2)22-14(16)4/h10,13,15,20H,8-9,11H2,1-7H3,(H,19,21). The summed E-state index contributed by atoms with van der Waals surface area (Å²) in [5, 5.41) is 6.43. The largest absolute Gasteiger partial charge is 0.466 e. The van der Waals surface area contributed by atoms with E-state index in [1.807, 2.05) is 34.6 Å². The van der Waals surface area contributed by atoms with Crippen LogP contribution in [0.15, 0.2) is 10.5 Å². The minimum atomic E-state index is -0.476. The molecule has 0 spiro atoms. The zero-order valence-corrected chi connectivity index (χ0v) is 15.6. The Bertz CT molecular complexity index is 503. The Balaban J connectivity index is 2.57. The average Bonchev–Trinajstić information content (AvgIpc) is 2.73. The first-order valence-electron chi connectivity index (χ1n) is 8.42. The molecule has 0 aliphatic rings. The van der Waals surface area contributed by atoms with E-state index in [1.54, 1.807) is 0 Å². The summed E-state index contributed by atoms with van der Waals surface area (Å²) in [7, 11) is 0. The lowest BCUT2D eigenvalue weighted by molar-refractivity contribution is 0.0521. The van der Waals surface area contributed by atoms with Crippen LogP contribution in [0.1, 0.15) is 70.6 Å². The SMILES string of the molecule is CCCC(CNC(=O)OC(C)(C)C)NC(C)c1cc(C)oc1C. The molecule has 0 bridgehead atoms. The Morgan fingerprint density at radius 2 is 2.00 bits per heavy atom. The van der Waals surface area contributed by atoms with Gasteiger partial charge in [0, 0.05) is 24.2 Å². The molecular weight excluding hydrogens is 292 g/mol. The van der Waals surface area contributed by atoms with Gasteiger partial charge in [-0.2, -0.15) is 0 Å². The van der Waals surface area contributed by atoms with Crippen molar-refractivity contribution in [2.75, 3.05) is 6.54 Å². The highest BCUT2D eigenvalue weighted by atomic mass is 16.6. The van der Waals surface area contributed by atoms with Gasteiger partial charge in [0.1, 0.15) is 17.1 Å². The fourth-order valence-corrected chi connectivity index (χ4v) is 2.64. The summed E-state index contributed by atoms with van der Waals surface area (Å²) in [6, 6.07) is 2.43. The van der Waals surface area contributed by atoms with Crippen molar-refractivity contribution in [3.8, 4) is 0 Å². The van der Waals surface area contributed by atoms with Crippen LogP contribution >= 0.6 is 0 Å². The topological polar surface area (TPSA) is 63.5 Å². The van der Waals surface area contributed by atoms with Crippen LogP contribution in [0.3, 0.4) is 0 Å². The van der Waals surface area contributed by atoms with Gasteiger partial charge < -0.3 is 19.8 Å². The van der Waals surface area contributed by atoms with E-state index in [0.29, 0.717) is 6.54 Å². The molecule has 0 aromatic carbocycles. The van der Waals surface area contributed by atoms with Crippen LogP contribution in [0.5, 0.6) is 0 Å². The molecule has 2 atom stereocenters. The molecule has 0 aliphatic heterocycles. The normalized spacial score (nSPS) is 14.4. The van der Waals surface area contributed by atoms with Crippen molar-refractivity contribution in [3.05, 3.63) is 23.2 Å². The molecule has 1 heterocycles. The number of alkyl carbamates (subject to hydrolysis) is 1. The van der Waals surface area contributed by atoms with Gasteiger partial charge in [0.2, 0.25) is 0 Å². The first kappa shape index (κ1) is 19.6. The predicted octanol–water partition coefficient (Wildman–Crippen LogP) is 4.24. The maximum absolute atomic E-state index is 11.8. The lowest BCUT2D eigenvalue weighted by Crippen LogP contribution is -2.43. The van der Waals surface area contributed by atoms with Crippen LogP contribution in [0, 0.1) is 13.8 Å². The summed E-state index contributed by atoms with van der Waals surface area (Å²) in [6.07, 6.45) is 1.66. The number of furan rings is 1. The van der Waals surface area contributed by atoms with E-state index in [1.165, 1.54) is 5.56 Å². The number of nitrogens with one attached hydrogen (secondary N) is 2. The van der Waals surface area contributed by atoms with Crippen LogP contribution in [0.2, 0.25) is 0 Å². The highest BCUT2D eigenvalue weighted by Crippen LogP contribution is 2.22. The van der Waals surface area contributed by atoms with Gasteiger partial charge in [-0.1, -0.05) is 13.3 Å². The van der Waals surface area contributed by atoms with Crippen molar-refractivity contribution in [2.45, 2.75) is 79.0 Å². The van der Waals surface area contributed by atoms with Gasteiger partial charge in [0.15, 0.2) is 0 Å². The monoisotopic (exact) mass is 324 g/mol. The second kappa shape index (κ2) is 8.39. The van der Waals surface area contributed by atoms with Crippen LogP contribution in [0.4, 0.5) is 4.79 Å². The molecule has 0 radical (unpaired) electrons. The summed E-state index contributed by atoms with van der Waals surface area (Å²) >= 11 is 0. The van der Waals surface area contributed by atoms with E-state index < -0.39 is 5.60 Å². The molecule has 2 N–H and O–H groups in total. The van der Waals surface area contributed by atoms with Gasteiger partial charge in [-0.25, -0.2) is 4.79 Å². The summed E-state index contributed by atoms with van der Waals surface area (Å²) in [4.78, 5) is 11.8. The minimum Gasteiger partial charge on any atom is -0.466 e. The number of aryl methyl sites for hydroxylation is 2. The van der Waals surface area contributed by atoms with E-state index in [2.05, 4.69) is 30.5 Å². The molecule has 1 aromatic heterocycles. The van der Waals surface area contributed by atoms with Crippen molar-refractivity contribution in [1.82, 2.24) is 10.6 Å². The van der Waals surface area contributed by atoms with Crippen molar-refractivity contribution in [2.24, 2.45) is 0 Å². The number of carbonyl (C=O) groups is 1. The smallest absolute Gasteiger partial charge is 0.407 e. The van der Waals surface area contributed by atoms with Gasteiger partial charge in [-0.3, -0.25) is 0 Å². The Morgan fingerprint density at radius 3 is 2.48 bits per heavy atom. The van der Waals surface area contributed by atoms with Crippen molar-refractivity contribution in [3.63, 3.8) is 0 Å². The first-order valence-corrected chi connectivity index (χ1v) is 8.42. The lowest BCUT2D eigenvalue weighted by Gasteiger charge is -2.25. The third-order valence-corrected chi connectivity index (χ3v) is 3.56. The van der Waals surface area contributed by atoms with Crippen molar-refractivity contribution in [1.29, 1.82) is 0 Å². The van der Waals surface area contributed by atoms with E-state index in [9.17, 15) is 4.79 Å². The fourth-order valence-electron chi connectivity index (χ4n) is 2.64. The highest BCUT2D eigenvalue weighted by Gasteiger charge is 2.19. The molecule has 1 amide bonds. The van der Waals surface area contributed by atoms with Gasteiger partial charge in [0.05, 0.1) is 0 Å². The Morgan fingerprint density at radius 1 is 1.35 bits per heavy atom. The van der Waals surface area contributed by atoms with Gasteiger partial charge >= 0.3 is 6.09 Å². The van der Waals surface area contributed by atoms with Gasteiger partial charge in [-0.05, 0) is 54.0 Å². The van der Waals surface area contributed by atoms with E-state index in [-0.39, 0.29) is 18.2 Å². The van der Waals surface area contributed by atoms with E-state index in [4.69, 9.17) is 9.15 Å². The third-order valence-electron chi connectivity index (χ3n) is 3.56. The minimum absolute atomic E-state index is 0.171.